The molecule has 0 aliphatic carbocycles. The molecule has 0 aliphatic rings. The number of carbonyl (C=O) groups excluding carboxylic acids is 1. The quantitative estimate of drug-likeness (QED) is 0.607. The second kappa shape index (κ2) is 8.15. The predicted molar refractivity (Wildman–Crippen MR) is 108 cm³/mol. The second-order valence-corrected chi connectivity index (χ2v) is 9.54. The first-order valence-electron chi connectivity index (χ1n) is 8.45. The number of benzene rings is 2. The number of carbonyl (C=O) groups is 1. The number of anilines is 1. The largest absolute Gasteiger partial charge is 0.403 e. The number of sulfone groups is 1. The molecule has 0 saturated carbocycles. The van der Waals surface area contributed by atoms with Gasteiger partial charge in [0, 0.05) is 10.5 Å². The molecule has 0 unspecified atom stereocenters. The van der Waals surface area contributed by atoms with E-state index in [2.05, 4.69) is 15.5 Å². The van der Waals surface area contributed by atoms with E-state index in [1.807, 2.05) is 18.4 Å². The molecule has 9 heteroatoms. The fourth-order valence-corrected chi connectivity index (χ4v) is 4.10. The standard InChI is InChI=1S/C19H19N3O4S2/c1-12(2)28(24,25)14-10-8-13(9-11-14)18-21-22-19(26-18)20-17(23)15-6-4-5-7-16(15)27-3/h4-12H,1-3H3,(H,20,22,23). The van der Waals surface area contributed by atoms with Crippen molar-refractivity contribution in [2.45, 2.75) is 28.9 Å². The van der Waals surface area contributed by atoms with Crippen LogP contribution in [0.1, 0.15) is 24.2 Å². The van der Waals surface area contributed by atoms with E-state index >= 15 is 0 Å². The molecule has 2 aromatic carbocycles. The Balaban J connectivity index is 1.78. The van der Waals surface area contributed by atoms with Crippen LogP contribution in [0.15, 0.2) is 62.7 Å². The van der Waals surface area contributed by atoms with Crippen LogP contribution < -0.4 is 5.32 Å². The fraction of sp³-hybridized carbons (Fsp3) is 0.211. The smallest absolute Gasteiger partial charge is 0.322 e. The zero-order chi connectivity index (χ0) is 20.3. The van der Waals surface area contributed by atoms with Gasteiger partial charge < -0.3 is 4.42 Å². The number of nitrogens with zero attached hydrogens (tertiary/aromatic N) is 2. The summed E-state index contributed by atoms with van der Waals surface area (Å²) in [7, 11) is -3.35. The summed E-state index contributed by atoms with van der Waals surface area (Å²) in [6, 6.07) is 13.4. The molecule has 0 radical (unpaired) electrons. The molecular weight excluding hydrogens is 398 g/mol. The van der Waals surface area contributed by atoms with Gasteiger partial charge in [0.25, 0.3) is 5.91 Å². The maximum Gasteiger partial charge on any atom is 0.322 e. The summed E-state index contributed by atoms with van der Waals surface area (Å²) < 4.78 is 29.9. The molecular formula is C19H19N3O4S2. The van der Waals surface area contributed by atoms with Crippen molar-refractivity contribution >= 4 is 33.5 Å². The van der Waals surface area contributed by atoms with Gasteiger partial charge in [-0.3, -0.25) is 10.1 Å². The highest BCUT2D eigenvalue weighted by molar-refractivity contribution is 7.98. The van der Waals surface area contributed by atoms with Crippen molar-refractivity contribution in [1.82, 2.24) is 10.2 Å². The van der Waals surface area contributed by atoms with Crippen LogP contribution in [0.5, 0.6) is 0 Å². The van der Waals surface area contributed by atoms with E-state index in [9.17, 15) is 13.2 Å². The van der Waals surface area contributed by atoms with Crippen LogP contribution in [0, 0.1) is 0 Å². The van der Waals surface area contributed by atoms with Gasteiger partial charge in [0.2, 0.25) is 5.89 Å². The first kappa shape index (κ1) is 20.1. The molecule has 1 amide bonds. The molecule has 0 saturated heterocycles. The Bertz CT molecular complexity index is 1090. The number of rotatable bonds is 6. The van der Waals surface area contributed by atoms with Gasteiger partial charge in [-0.1, -0.05) is 17.2 Å². The Labute approximate surface area is 167 Å². The zero-order valence-corrected chi connectivity index (χ0v) is 17.2. The summed E-state index contributed by atoms with van der Waals surface area (Å²) in [5.74, 6) is -0.166. The molecule has 0 spiro atoms. The van der Waals surface area contributed by atoms with E-state index in [4.69, 9.17) is 4.42 Å². The normalized spacial score (nSPS) is 11.6. The van der Waals surface area contributed by atoms with Gasteiger partial charge in [-0.2, -0.15) is 0 Å². The lowest BCUT2D eigenvalue weighted by Crippen LogP contribution is -2.13. The molecule has 3 aromatic rings. The summed E-state index contributed by atoms with van der Waals surface area (Å²) in [4.78, 5) is 13.5. The second-order valence-electron chi connectivity index (χ2n) is 6.18. The van der Waals surface area contributed by atoms with Crippen LogP contribution in [0.2, 0.25) is 0 Å². The first-order chi connectivity index (χ1) is 13.3. The van der Waals surface area contributed by atoms with Crippen molar-refractivity contribution in [3.63, 3.8) is 0 Å². The van der Waals surface area contributed by atoms with Crippen molar-refractivity contribution in [1.29, 1.82) is 0 Å². The van der Waals surface area contributed by atoms with Gasteiger partial charge in [0.15, 0.2) is 9.84 Å². The molecule has 1 heterocycles. The van der Waals surface area contributed by atoms with Crippen LogP contribution in [0.4, 0.5) is 6.01 Å². The van der Waals surface area contributed by atoms with Gasteiger partial charge in [-0.05, 0) is 56.5 Å². The van der Waals surface area contributed by atoms with Crippen LogP contribution >= 0.6 is 11.8 Å². The van der Waals surface area contributed by atoms with Crippen molar-refractivity contribution in [3.05, 3.63) is 54.1 Å². The van der Waals surface area contributed by atoms with Crippen LogP contribution in [0.25, 0.3) is 11.5 Å². The van der Waals surface area contributed by atoms with Crippen molar-refractivity contribution in [2.75, 3.05) is 11.6 Å². The molecule has 0 aliphatic heterocycles. The molecule has 3 rings (SSSR count). The molecule has 0 fully saturated rings. The Hall–Kier alpha value is -2.65. The Kier molecular flexibility index (Phi) is 5.85. The number of amides is 1. The molecule has 0 atom stereocenters. The fourth-order valence-electron chi connectivity index (χ4n) is 2.45. The molecule has 146 valence electrons. The van der Waals surface area contributed by atoms with Crippen molar-refractivity contribution in [2.24, 2.45) is 0 Å². The number of hydrogen-bond acceptors (Lipinski definition) is 7. The number of thioether (sulfide) groups is 1. The average Bonchev–Trinajstić information content (AvgIpc) is 3.16. The van der Waals surface area contributed by atoms with Crippen molar-refractivity contribution < 1.29 is 17.6 Å². The van der Waals surface area contributed by atoms with Gasteiger partial charge >= 0.3 is 6.01 Å². The Morgan fingerprint density at radius 3 is 2.39 bits per heavy atom. The third kappa shape index (κ3) is 4.10. The SMILES string of the molecule is CSc1ccccc1C(=O)Nc1nnc(-c2ccc(S(=O)(=O)C(C)C)cc2)o1. The van der Waals surface area contributed by atoms with Gasteiger partial charge in [-0.25, -0.2) is 8.42 Å². The van der Waals surface area contributed by atoms with E-state index in [-0.39, 0.29) is 22.7 Å². The minimum atomic E-state index is -3.35. The summed E-state index contributed by atoms with van der Waals surface area (Å²) in [5.41, 5.74) is 1.07. The highest BCUT2D eigenvalue weighted by Crippen LogP contribution is 2.25. The van der Waals surface area contributed by atoms with Crippen LogP contribution in [-0.4, -0.2) is 36.0 Å². The zero-order valence-electron chi connectivity index (χ0n) is 15.5. The van der Waals surface area contributed by atoms with E-state index in [1.54, 1.807) is 38.1 Å². The average molecular weight is 418 g/mol. The maximum absolute atomic E-state index is 12.4. The van der Waals surface area contributed by atoms with E-state index < -0.39 is 15.1 Å². The van der Waals surface area contributed by atoms with Crippen LogP contribution in [-0.2, 0) is 9.84 Å². The molecule has 1 aromatic heterocycles. The van der Waals surface area contributed by atoms with E-state index in [0.29, 0.717) is 11.1 Å². The van der Waals surface area contributed by atoms with Crippen molar-refractivity contribution in [3.8, 4) is 11.5 Å². The van der Waals surface area contributed by atoms with E-state index in [1.165, 1.54) is 23.9 Å². The lowest BCUT2D eigenvalue weighted by Gasteiger charge is -2.07. The highest BCUT2D eigenvalue weighted by atomic mass is 32.2. The summed E-state index contributed by atoms with van der Waals surface area (Å²) in [6.07, 6.45) is 1.89. The Morgan fingerprint density at radius 2 is 1.75 bits per heavy atom. The maximum atomic E-state index is 12.4. The van der Waals surface area contributed by atoms with Crippen LogP contribution in [0.3, 0.4) is 0 Å². The Morgan fingerprint density at radius 1 is 1.07 bits per heavy atom. The van der Waals surface area contributed by atoms with Gasteiger partial charge in [0.05, 0.1) is 15.7 Å². The summed E-state index contributed by atoms with van der Waals surface area (Å²) in [5, 5.41) is 9.83. The topological polar surface area (TPSA) is 102 Å². The number of aromatic nitrogens is 2. The highest BCUT2D eigenvalue weighted by Gasteiger charge is 2.20. The summed E-state index contributed by atoms with van der Waals surface area (Å²) in [6.45, 7) is 3.26. The van der Waals surface area contributed by atoms with E-state index in [0.717, 1.165) is 4.90 Å². The molecule has 1 N–H and O–H groups in total. The lowest BCUT2D eigenvalue weighted by molar-refractivity contribution is 0.102. The van der Waals surface area contributed by atoms with Gasteiger partial charge in [-0.15, -0.1) is 16.9 Å². The first-order valence-corrected chi connectivity index (χ1v) is 11.2. The summed E-state index contributed by atoms with van der Waals surface area (Å²) >= 11 is 1.46. The minimum Gasteiger partial charge on any atom is -0.403 e. The predicted octanol–water partition coefficient (Wildman–Crippen LogP) is 3.89. The lowest BCUT2D eigenvalue weighted by atomic mass is 10.2. The number of hydrogen-bond donors (Lipinski definition) is 1. The minimum absolute atomic E-state index is 0.0326. The molecule has 0 bridgehead atoms. The monoisotopic (exact) mass is 417 g/mol. The molecule has 28 heavy (non-hydrogen) atoms. The molecule has 7 nitrogen and oxygen atoms in total. The third-order valence-corrected chi connectivity index (χ3v) is 7.01. The number of nitrogens with one attached hydrogen (secondary N) is 1. The third-order valence-electron chi connectivity index (χ3n) is 4.05. The van der Waals surface area contributed by atoms with Gasteiger partial charge in [0.1, 0.15) is 0 Å².